The third-order valence-electron chi connectivity index (χ3n) is 2.96. The Labute approximate surface area is 119 Å². The Morgan fingerprint density at radius 1 is 1.33 bits per heavy atom. The Hall–Kier alpha value is -2.87. The highest BCUT2D eigenvalue weighted by molar-refractivity contribution is 5.46. The van der Waals surface area contributed by atoms with E-state index in [1.54, 1.807) is 25.3 Å². The number of methoxy groups -OCH3 is 1. The molecule has 8 nitrogen and oxygen atoms in total. The predicted molar refractivity (Wildman–Crippen MR) is 74.6 cm³/mol. The summed E-state index contributed by atoms with van der Waals surface area (Å²) in [7, 11) is 1.55. The number of hydrogen-bond donors (Lipinski definition) is 2. The van der Waals surface area contributed by atoms with E-state index < -0.39 is 0 Å². The van der Waals surface area contributed by atoms with Gasteiger partial charge in [-0.2, -0.15) is 5.10 Å². The van der Waals surface area contributed by atoms with E-state index in [0.29, 0.717) is 29.6 Å². The normalized spacial score (nSPS) is 10.8. The fraction of sp³-hybridized carbons (Fsp3) is 0.154. The van der Waals surface area contributed by atoms with Crippen molar-refractivity contribution in [3.63, 3.8) is 0 Å². The average molecular weight is 287 g/mol. The van der Waals surface area contributed by atoms with Gasteiger partial charge in [-0.3, -0.25) is 0 Å². The van der Waals surface area contributed by atoms with Crippen LogP contribution in [-0.2, 0) is 6.54 Å². The summed E-state index contributed by atoms with van der Waals surface area (Å²) in [5.74, 6) is 1.36. The summed E-state index contributed by atoms with van der Waals surface area (Å²) in [5, 5.41) is 6.18. The summed E-state index contributed by atoms with van der Waals surface area (Å²) >= 11 is 0. The van der Waals surface area contributed by atoms with E-state index >= 15 is 0 Å². The summed E-state index contributed by atoms with van der Waals surface area (Å²) in [6.45, 7) is 0.414. The highest BCUT2D eigenvalue weighted by Gasteiger charge is 2.09. The van der Waals surface area contributed by atoms with Crippen LogP contribution in [0.4, 0.5) is 0 Å². The number of ether oxygens (including phenoxy) is 2. The molecule has 108 valence electrons. The van der Waals surface area contributed by atoms with Crippen LogP contribution in [0.2, 0.25) is 0 Å². The molecule has 0 atom stereocenters. The van der Waals surface area contributed by atoms with E-state index in [4.69, 9.17) is 15.2 Å². The van der Waals surface area contributed by atoms with Crippen LogP contribution >= 0.6 is 0 Å². The van der Waals surface area contributed by atoms with Gasteiger partial charge in [-0.1, -0.05) is 6.07 Å². The molecular weight excluding hydrogens is 274 g/mol. The zero-order valence-electron chi connectivity index (χ0n) is 11.2. The van der Waals surface area contributed by atoms with Crippen LogP contribution in [0.3, 0.4) is 0 Å². The van der Waals surface area contributed by atoms with E-state index in [0.717, 1.165) is 5.56 Å². The van der Waals surface area contributed by atoms with Gasteiger partial charge in [0.1, 0.15) is 6.33 Å². The minimum atomic E-state index is -0.353. The minimum absolute atomic E-state index is 0.306. The van der Waals surface area contributed by atoms with Crippen LogP contribution in [0.25, 0.3) is 5.65 Å². The summed E-state index contributed by atoms with van der Waals surface area (Å²) < 4.78 is 12.2. The summed E-state index contributed by atoms with van der Waals surface area (Å²) in [5.41, 5.74) is 6.59. The summed E-state index contributed by atoms with van der Waals surface area (Å²) in [4.78, 5) is 15.4. The molecule has 0 spiro atoms. The molecule has 3 aromatic rings. The number of nitrogens with two attached hydrogens (primary N) is 1. The van der Waals surface area contributed by atoms with E-state index in [2.05, 4.69) is 15.2 Å². The van der Waals surface area contributed by atoms with Gasteiger partial charge in [0, 0.05) is 12.6 Å². The fourth-order valence-corrected chi connectivity index (χ4v) is 1.88. The Morgan fingerprint density at radius 3 is 2.95 bits per heavy atom. The molecule has 3 rings (SSSR count). The summed E-state index contributed by atoms with van der Waals surface area (Å²) in [6, 6.07) is 6.94. The Kier molecular flexibility index (Phi) is 3.28. The van der Waals surface area contributed by atoms with E-state index in [9.17, 15) is 4.79 Å². The van der Waals surface area contributed by atoms with Crippen LogP contribution in [-0.4, -0.2) is 26.7 Å². The molecule has 0 saturated carbocycles. The standard InChI is InChI=1S/C13H13N5O3/c1-20-10-4-8(6-14)2-3-9(10)21-12-5-11-16-17-13(19)18(11)7-15-12/h2-5,7H,6,14H2,1H3,(H,17,19). The molecule has 0 bridgehead atoms. The van der Waals surface area contributed by atoms with Gasteiger partial charge < -0.3 is 15.2 Å². The Bertz CT molecular complexity index is 839. The van der Waals surface area contributed by atoms with Gasteiger partial charge in [0.15, 0.2) is 17.1 Å². The van der Waals surface area contributed by atoms with Crippen LogP contribution in [0.5, 0.6) is 17.4 Å². The van der Waals surface area contributed by atoms with Crippen molar-refractivity contribution in [2.75, 3.05) is 7.11 Å². The topological polar surface area (TPSA) is 108 Å². The Morgan fingerprint density at radius 2 is 2.19 bits per heavy atom. The number of H-pyrrole nitrogens is 1. The fourth-order valence-electron chi connectivity index (χ4n) is 1.88. The lowest BCUT2D eigenvalue weighted by Gasteiger charge is -2.10. The van der Waals surface area contributed by atoms with Crippen LogP contribution in [0, 0.1) is 0 Å². The second kappa shape index (κ2) is 5.25. The van der Waals surface area contributed by atoms with Gasteiger partial charge in [0.25, 0.3) is 0 Å². The number of benzene rings is 1. The highest BCUT2D eigenvalue weighted by Crippen LogP contribution is 2.31. The largest absolute Gasteiger partial charge is 0.493 e. The maximum atomic E-state index is 11.4. The molecule has 2 heterocycles. The minimum Gasteiger partial charge on any atom is -0.493 e. The molecule has 3 N–H and O–H groups in total. The number of fused-ring (bicyclic) bond motifs is 1. The van der Waals surface area contributed by atoms with Crippen molar-refractivity contribution in [1.29, 1.82) is 0 Å². The van der Waals surface area contributed by atoms with E-state index in [1.165, 1.54) is 10.7 Å². The van der Waals surface area contributed by atoms with E-state index in [1.807, 2.05) is 6.07 Å². The molecule has 0 aliphatic carbocycles. The molecule has 0 amide bonds. The number of aromatic nitrogens is 4. The first-order valence-electron chi connectivity index (χ1n) is 6.19. The maximum Gasteiger partial charge on any atom is 0.348 e. The zero-order valence-corrected chi connectivity index (χ0v) is 11.2. The van der Waals surface area contributed by atoms with Gasteiger partial charge in [0.05, 0.1) is 7.11 Å². The first kappa shape index (κ1) is 13.1. The van der Waals surface area contributed by atoms with Crippen molar-refractivity contribution < 1.29 is 9.47 Å². The lowest BCUT2D eigenvalue weighted by Crippen LogP contribution is -2.09. The van der Waals surface area contributed by atoms with Crippen molar-refractivity contribution in [2.24, 2.45) is 5.73 Å². The number of nitrogens with zero attached hydrogens (tertiary/aromatic N) is 3. The van der Waals surface area contributed by atoms with E-state index in [-0.39, 0.29) is 5.69 Å². The first-order valence-corrected chi connectivity index (χ1v) is 6.19. The van der Waals surface area contributed by atoms with Crippen LogP contribution in [0.1, 0.15) is 5.56 Å². The van der Waals surface area contributed by atoms with Gasteiger partial charge >= 0.3 is 5.69 Å². The molecular formula is C13H13N5O3. The molecule has 0 unspecified atom stereocenters. The van der Waals surface area contributed by atoms with Gasteiger partial charge in [-0.05, 0) is 17.7 Å². The average Bonchev–Trinajstić information content (AvgIpc) is 2.88. The zero-order chi connectivity index (χ0) is 14.8. The van der Waals surface area contributed by atoms with Gasteiger partial charge in [-0.15, -0.1) is 0 Å². The number of nitrogens with one attached hydrogen (secondary N) is 1. The number of aromatic amines is 1. The summed E-state index contributed by atoms with van der Waals surface area (Å²) in [6.07, 6.45) is 1.34. The van der Waals surface area contributed by atoms with Crippen molar-refractivity contribution >= 4 is 5.65 Å². The second-order valence-corrected chi connectivity index (χ2v) is 4.28. The molecule has 0 fully saturated rings. The number of rotatable bonds is 4. The van der Waals surface area contributed by atoms with Gasteiger partial charge in [-0.25, -0.2) is 19.3 Å². The lowest BCUT2D eigenvalue weighted by molar-refractivity contribution is 0.373. The quantitative estimate of drug-likeness (QED) is 0.730. The highest BCUT2D eigenvalue weighted by atomic mass is 16.5. The molecule has 21 heavy (non-hydrogen) atoms. The second-order valence-electron chi connectivity index (χ2n) is 4.28. The smallest absolute Gasteiger partial charge is 0.348 e. The Balaban J connectivity index is 1.96. The lowest BCUT2D eigenvalue weighted by atomic mass is 10.2. The third-order valence-corrected chi connectivity index (χ3v) is 2.96. The monoisotopic (exact) mass is 287 g/mol. The molecule has 0 aliphatic rings. The van der Waals surface area contributed by atoms with Crippen molar-refractivity contribution in [3.05, 3.63) is 46.6 Å². The van der Waals surface area contributed by atoms with Crippen LogP contribution < -0.4 is 20.9 Å². The van der Waals surface area contributed by atoms with Crippen LogP contribution in [0.15, 0.2) is 35.4 Å². The van der Waals surface area contributed by atoms with Crippen molar-refractivity contribution in [2.45, 2.75) is 6.54 Å². The predicted octanol–water partition coefficient (Wildman–Crippen LogP) is 0.677. The van der Waals surface area contributed by atoms with Crippen molar-refractivity contribution in [3.8, 4) is 17.4 Å². The molecule has 0 aliphatic heterocycles. The SMILES string of the molecule is COc1cc(CN)ccc1Oc1cc2n[nH]c(=O)n2cn1. The molecule has 1 aromatic carbocycles. The number of hydrogen-bond acceptors (Lipinski definition) is 6. The third kappa shape index (κ3) is 2.43. The van der Waals surface area contributed by atoms with Gasteiger partial charge in [0.2, 0.25) is 5.88 Å². The maximum absolute atomic E-state index is 11.4. The molecule has 8 heteroatoms. The molecule has 2 aromatic heterocycles. The molecule has 0 saturated heterocycles. The van der Waals surface area contributed by atoms with Crippen molar-refractivity contribution in [1.82, 2.24) is 19.6 Å². The molecule has 0 radical (unpaired) electrons. The first-order chi connectivity index (χ1) is 10.2.